The summed E-state index contributed by atoms with van der Waals surface area (Å²) in [5.41, 5.74) is 1.24. The van der Waals surface area contributed by atoms with Gasteiger partial charge in [-0.05, 0) is 35.4 Å². The third kappa shape index (κ3) is 3.84. The average molecular weight is 408 g/mol. The molecule has 0 bridgehead atoms. The lowest BCUT2D eigenvalue weighted by Crippen LogP contribution is -2.55. The van der Waals surface area contributed by atoms with E-state index in [4.69, 9.17) is 37.4 Å². The van der Waals surface area contributed by atoms with E-state index in [-0.39, 0.29) is 24.5 Å². The standard InChI is InChI=1S/C20H19Cl2NO4/c1-25-17(24)10-16-20(11-26-20)23-18(12-5-7-14(21)8-6-12)19(27-16)13-3-2-4-15(22)9-13/h2-9,16,18-19,23H,10-11H2,1H3/t16-,18-,19-,20?/m1/s1. The second-order valence-electron chi connectivity index (χ2n) is 6.73. The number of halogens is 2. The zero-order chi connectivity index (χ0) is 19.0. The number of carbonyl (C=O) groups is 1. The quantitative estimate of drug-likeness (QED) is 0.611. The van der Waals surface area contributed by atoms with Gasteiger partial charge in [0, 0.05) is 10.0 Å². The van der Waals surface area contributed by atoms with E-state index in [0.29, 0.717) is 16.7 Å². The highest BCUT2D eigenvalue weighted by molar-refractivity contribution is 6.30. The summed E-state index contributed by atoms with van der Waals surface area (Å²) in [6.45, 7) is 0.473. The summed E-state index contributed by atoms with van der Waals surface area (Å²) in [6.07, 6.45) is -0.708. The Labute approximate surface area is 167 Å². The van der Waals surface area contributed by atoms with Gasteiger partial charge < -0.3 is 14.2 Å². The van der Waals surface area contributed by atoms with Gasteiger partial charge >= 0.3 is 5.97 Å². The molecule has 1 spiro atoms. The van der Waals surface area contributed by atoms with Crippen LogP contribution >= 0.6 is 23.2 Å². The molecule has 0 aliphatic carbocycles. The molecule has 0 radical (unpaired) electrons. The molecule has 1 N–H and O–H groups in total. The Morgan fingerprint density at radius 2 is 1.93 bits per heavy atom. The molecular formula is C20H19Cl2NO4. The van der Waals surface area contributed by atoms with Crippen LogP contribution in [0.4, 0.5) is 0 Å². The van der Waals surface area contributed by atoms with Crippen LogP contribution in [0.25, 0.3) is 0 Å². The van der Waals surface area contributed by atoms with Crippen LogP contribution in [0.2, 0.25) is 10.0 Å². The maximum Gasteiger partial charge on any atom is 0.308 e. The molecule has 2 fully saturated rings. The monoisotopic (exact) mass is 407 g/mol. The highest BCUT2D eigenvalue weighted by atomic mass is 35.5. The smallest absolute Gasteiger partial charge is 0.308 e. The molecule has 2 aliphatic heterocycles. The van der Waals surface area contributed by atoms with Crippen LogP contribution in [0, 0.1) is 0 Å². The molecular weight excluding hydrogens is 389 g/mol. The van der Waals surface area contributed by atoms with Crippen molar-refractivity contribution < 1.29 is 19.0 Å². The predicted octanol–water partition coefficient (Wildman–Crippen LogP) is 4.05. The average Bonchev–Trinajstić information content (AvgIpc) is 3.44. The first-order valence-corrected chi connectivity index (χ1v) is 9.41. The van der Waals surface area contributed by atoms with Crippen LogP contribution in [0.3, 0.4) is 0 Å². The van der Waals surface area contributed by atoms with Gasteiger partial charge in [-0.1, -0.05) is 47.5 Å². The molecule has 0 aromatic heterocycles. The number of hydrogen-bond acceptors (Lipinski definition) is 5. The maximum atomic E-state index is 11.9. The summed E-state index contributed by atoms with van der Waals surface area (Å²) in [6, 6.07) is 14.9. The van der Waals surface area contributed by atoms with Crippen LogP contribution in [0.1, 0.15) is 29.7 Å². The summed E-state index contributed by atoms with van der Waals surface area (Å²) in [5, 5.41) is 4.83. The molecule has 7 heteroatoms. The van der Waals surface area contributed by atoms with Gasteiger partial charge in [-0.2, -0.15) is 0 Å². The second kappa shape index (κ2) is 7.41. The molecule has 2 heterocycles. The second-order valence-corrected chi connectivity index (χ2v) is 7.61. The van der Waals surface area contributed by atoms with E-state index >= 15 is 0 Å². The van der Waals surface area contributed by atoms with E-state index < -0.39 is 11.8 Å². The van der Waals surface area contributed by atoms with Gasteiger partial charge in [-0.15, -0.1) is 0 Å². The fraction of sp³-hybridized carbons (Fsp3) is 0.350. The lowest BCUT2D eigenvalue weighted by atomic mass is 9.91. The van der Waals surface area contributed by atoms with Gasteiger partial charge in [0.2, 0.25) is 0 Å². The van der Waals surface area contributed by atoms with E-state index in [1.807, 2.05) is 48.5 Å². The fourth-order valence-electron chi connectivity index (χ4n) is 3.47. The van der Waals surface area contributed by atoms with Crippen molar-refractivity contribution in [2.75, 3.05) is 13.7 Å². The van der Waals surface area contributed by atoms with Crippen molar-refractivity contribution in [3.05, 3.63) is 69.7 Å². The van der Waals surface area contributed by atoms with Crippen LogP contribution in [-0.2, 0) is 19.0 Å². The van der Waals surface area contributed by atoms with Crippen molar-refractivity contribution in [1.29, 1.82) is 0 Å². The summed E-state index contributed by atoms with van der Waals surface area (Å²) in [5.74, 6) is -0.341. The molecule has 0 amide bonds. The van der Waals surface area contributed by atoms with Crippen molar-refractivity contribution in [3.8, 4) is 0 Å². The molecule has 4 atom stereocenters. The third-order valence-electron chi connectivity index (χ3n) is 4.97. The number of rotatable bonds is 4. The zero-order valence-electron chi connectivity index (χ0n) is 14.7. The van der Waals surface area contributed by atoms with Crippen molar-refractivity contribution in [2.24, 2.45) is 0 Å². The van der Waals surface area contributed by atoms with E-state index in [0.717, 1.165) is 11.1 Å². The molecule has 5 nitrogen and oxygen atoms in total. The SMILES string of the molecule is COC(=O)C[C@H]1O[C@H](c2cccc(Cl)c2)[C@@H](c2ccc(Cl)cc2)NC12CO2. The van der Waals surface area contributed by atoms with Gasteiger partial charge in [0.25, 0.3) is 0 Å². The van der Waals surface area contributed by atoms with Crippen molar-refractivity contribution in [1.82, 2.24) is 5.32 Å². The van der Waals surface area contributed by atoms with Crippen LogP contribution < -0.4 is 5.32 Å². The molecule has 2 aromatic rings. The van der Waals surface area contributed by atoms with Crippen LogP contribution in [-0.4, -0.2) is 31.5 Å². The summed E-state index contributed by atoms with van der Waals surface area (Å²) >= 11 is 12.2. The number of epoxide rings is 1. The van der Waals surface area contributed by atoms with Crippen LogP contribution in [0.15, 0.2) is 48.5 Å². The summed E-state index contributed by atoms with van der Waals surface area (Å²) in [4.78, 5) is 11.9. The summed E-state index contributed by atoms with van der Waals surface area (Å²) in [7, 11) is 1.37. The first-order valence-electron chi connectivity index (χ1n) is 8.65. The first-order chi connectivity index (χ1) is 13.0. The first kappa shape index (κ1) is 18.7. The molecule has 0 saturated carbocycles. The number of nitrogens with one attached hydrogen (secondary N) is 1. The number of ether oxygens (including phenoxy) is 3. The largest absolute Gasteiger partial charge is 0.469 e. The minimum absolute atomic E-state index is 0.105. The lowest BCUT2D eigenvalue weighted by Gasteiger charge is -2.41. The third-order valence-corrected chi connectivity index (χ3v) is 5.46. The van der Waals surface area contributed by atoms with E-state index in [9.17, 15) is 4.79 Å². The van der Waals surface area contributed by atoms with Gasteiger partial charge in [0.15, 0.2) is 5.72 Å². The Balaban J connectivity index is 1.70. The molecule has 2 aliphatic rings. The van der Waals surface area contributed by atoms with Crippen molar-refractivity contribution in [3.63, 3.8) is 0 Å². The number of benzene rings is 2. The Morgan fingerprint density at radius 3 is 2.56 bits per heavy atom. The number of esters is 1. The highest BCUT2D eigenvalue weighted by Crippen LogP contribution is 2.47. The molecule has 2 aromatic carbocycles. The normalized spacial score (nSPS) is 29.5. The van der Waals surface area contributed by atoms with E-state index in [1.165, 1.54) is 7.11 Å². The molecule has 142 valence electrons. The number of hydrogen-bond donors (Lipinski definition) is 1. The van der Waals surface area contributed by atoms with E-state index in [2.05, 4.69) is 5.32 Å². The van der Waals surface area contributed by atoms with Gasteiger partial charge in [-0.25, -0.2) is 0 Å². The van der Waals surface area contributed by atoms with Gasteiger partial charge in [0.05, 0.1) is 26.2 Å². The van der Waals surface area contributed by atoms with E-state index in [1.54, 1.807) is 0 Å². The Bertz CT molecular complexity index is 838. The fourth-order valence-corrected chi connectivity index (χ4v) is 3.80. The Morgan fingerprint density at radius 1 is 1.19 bits per heavy atom. The number of methoxy groups -OCH3 is 1. The van der Waals surface area contributed by atoms with Crippen LogP contribution in [0.5, 0.6) is 0 Å². The lowest BCUT2D eigenvalue weighted by molar-refractivity contribution is -0.158. The topological polar surface area (TPSA) is 60.1 Å². The predicted molar refractivity (Wildman–Crippen MR) is 102 cm³/mol. The van der Waals surface area contributed by atoms with Crippen molar-refractivity contribution >= 4 is 29.2 Å². The van der Waals surface area contributed by atoms with Gasteiger partial charge in [-0.3, -0.25) is 10.1 Å². The Kier molecular flexibility index (Phi) is 5.14. The Hall–Kier alpha value is -1.63. The zero-order valence-corrected chi connectivity index (χ0v) is 16.2. The molecule has 2 saturated heterocycles. The highest BCUT2D eigenvalue weighted by Gasteiger charge is 2.59. The molecule has 1 unspecified atom stereocenters. The molecule has 27 heavy (non-hydrogen) atoms. The number of carbonyl (C=O) groups excluding carboxylic acids is 1. The van der Waals surface area contributed by atoms with Gasteiger partial charge in [0.1, 0.15) is 12.2 Å². The summed E-state index contributed by atoms with van der Waals surface area (Å²) < 4.78 is 16.9. The number of morpholine rings is 1. The molecule has 4 rings (SSSR count). The maximum absolute atomic E-state index is 11.9. The minimum atomic E-state index is -0.687. The minimum Gasteiger partial charge on any atom is -0.469 e. The van der Waals surface area contributed by atoms with Crippen molar-refractivity contribution in [2.45, 2.75) is 30.4 Å².